The molecule has 0 radical (unpaired) electrons. The number of esters is 3. The van der Waals surface area contributed by atoms with Gasteiger partial charge in [0.25, 0.3) is 0 Å². The lowest BCUT2D eigenvalue weighted by Crippen LogP contribution is -2.30. The first kappa shape index (κ1) is 69.8. The normalized spacial score (nSPS) is 12.5. The van der Waals surface area contributed by atoms with Crippen LogP contribution in [-0.2, 0) is 28.6 Å². The van der Waals surface area contributed by atoms with Crippen LogP contribution in [0.15, 0.2) is 72.9 Å². The van der Waals surface area contributed by atoms with Crippen LogP contribution >= 0.6 is 0 Å². The minimum absolute atomic E-state index is 0.0829. The molecule has 73 heavy (non-hydrogen) atoms. The zero-order valence-electron chi connectivity index (χ0n) is 48.4. The van der Waals surface area contributed by atoms with Crippen molar-refractivity contribution in [2.75, 3.05) is 13.2 Å². The standard InChI is InChI=1S/C67H118O6/c1-4-7-10-13-16-19-22-25-28-30-32-33-35-36-39-42-45-48-51-54-57-60-66(69)72-63-64(62-71-65(68)59-56-53-50-47-44-41-38-27-24-21-18-15-12-9-6-3)73-67(70)61-58-55-52-49-46-43-40-37-34-31-29-26-23-20-17-14-11-8-5-2/h9,12,18,21-22,25-27,29-30,32,38,64H,4-8,10-11,13-17,19-20,23-24,28,31,33-37,39-63H2,1-3H3/b12-9-,21-18-,25-22-,29-26-,32-30-,38-27-. The SMILES string of the molecule is CC/C=C\C/C=C\C/C=C\CCCCCCCC(=O)OCC(COC(=O)CCCCCCCCCCC/C=C\C/C=C\CCCCCCC)OC(=O)CCCCCCCCCCC/C=C\CCCCCCCC. The van der Waals surface area contributed by atoms with Crippen LogP contribution in [0.2, 0.25) is 0 Å². The molecule has 0 N–H and O–H groups in total. The van der Waals surface area contributed by atoms with E-state index in [-0.39, 0.29) is 31.1 Å². The number of carbonyl (C=O) groups excluding carboxylic acids is 3. The van der Waals surface area contributed by atoms with Gasteiger partial charge in [0.2, 0.25) is 0 Å². The first-order chi connectivity index (χ1) is 36.0. The predicted molar refractivity (Wildman–Crippen MR) is 316 cm³/mol. The zero-order valence-corrected chi connectivity index (χ0v) is 48.4. The minimum Gasteiger partial charge on any atom is -0.462 e. The maximum atomic E-state index is 12.9. The topological polar surface area (TPSA) is 78.9 Å². The molecule has 0 aromatic heterocycles. The van der Waals surface area contributed by atoms with Crippen molar-refractivity contribution in [3.05, 3.63) is 72.9 Å². The fourth-order valence-electron chi connectivity index (χ4n) is 8.95. The Kier molecular flexibility index (Phi) is 58.7. The molecule has 0 saturated carbocycles. The van der Waals surface area contributed by atoms with Gasteiger partial charge in [0, 0.05) is 19.3 Å². The monoisotopic (exact) mass is 1020 g/mol. The van der Waals surface area contributed by atoms with E-state index in [0.29, 0.717) is 19.3 Å². The summed E-state index contributed by atoms with van der Waals surface area (Å²) in [4.78, 5) is 38.3. The highest BCUT2D eigenvalue weighted by Gasteiger charge is 2.19. The third-order valence-corrected chi connectivity index (χ3v) is 13.7. The number of unbranched alkanes of at least 4 members (excludes halogenated alkanes) is 34. The molecule has 0 aliphatic heterocycles. The second kappa shape index (κ2) is 61.4. The minimum atomic E-state index is -0.787. The van der Waals surface area contributed by atoms with Crippen LogP contribution in [-0.4, -0.2) is 37.2 Å². The smallest absolute Gasteiger partial charge is 0.306 e. The predicted octanol–water partition coefficient (Wildman–Crippen LogP) is 21.3. The van der Waals surface area contributed by atoms with Gasteiger partial charge in [-0.3, -0.25) is 14.4 Å². The van der Waals surface area contributed by atoms with Crippen LogP contribution in [0.4, 0.5) is 0 Å². The lowest BCUT2D eigenvalue weighted by Gasteiger charge is -2.18. The quantitative estimate of drug-likeness (QED) is 0.0261. The van der Waals surface area contributed by atoms with Gasteiger partial charge in [-0.1, -0.05) is 261 Å². The van der Waals surface area contributed by atoms with Gasteiger partial charge in [0.15, 0.2) is 6.10 Å². The Morgan fingerprint density at radius 1 is 0.288 bits per heavy atom. The van der Waals surface area contributed by atoms with Gasteiger partial charge in [-0.05, 0) is 109 Å². The number of hydrogen-bond donors (Lipinski definition) is 0. The van der Waals surface area contributed by atoms with Crippen molar-refractivity contribution >= 4 is 17.9 Å². The second-order valence-corrected chi connectivity index (χ2v) is 20.9. The van der Waals surface area contributed by atoms with E-state index in [4.69, 9.17) is 14.2 Å². The van der Waals surface area contributed by atoms with E-state index < -0.39 is 6.10 Å². The molecule has 0 aromatic carbocycles. The molecule has 6 nitrogen and oxygen atoms in total. The molecule has 1 unspecified atom stereocenters. The van der Waals surface area contributed by atoms with E-state index in [1.807, 2.05) is 0 Å². The highest BCUT2D eigenvalue weighted by atomic mass is 16.6. The summed E-state index contributed by atoms with van der Waals surface area (Å²) in [5, 5.41) is 0. The van der Waals surface area contributed by atoms with Crippen molar-refractivity contribution in [3.8, 4) is 0 Å². The highest BCUT2D eigenvalue weighted by molar-refractivity contribution is 5.71. The molecule has 1 atom stereocenters. The van der Waals surface area contributed by atoms with E-state index in [1.165, 1.54) is 173 Å². The molecule has 0 rings (SSSR count). The van der Waals surface area contributed by atoms with E-state index in [1.54, 1.807) is 0 Å². The van der Waals surface area contributed by atoms with E-state index in [9.17, 15) is 14.4 Å². The molecular formula is C67H118O6. The van der Waals surface area contributed by atoms with Crippen LogP contribution in [0, 0.1) is 0 Å². The van der Waals surface area contributed by atoms with Gasteiger partial charge in [0.05, 0.1) is 0 Å². The van der Waals surface area contributed by atoms with Crippen molar-refractivity contribution in [1.82, 2.24) is 0 Å². The van der Waals surface area contributed by atoms with Gasteiger partial charge in [-0.25, -0.2) is 0 Å². The van der Waals surface area contributed by atoms with Crippen LogP contribution in [0.1, 0.15) is 316 Å². The molecule has 422 valence electrons. The summed E-state index contributed by atoms with van der Waals surface area (Å²) >= 11 is 0. The third kappa shape index (κ3) is 59.6. The van der Waals surface area contributed by atoms with Crippen LogP contribution in [0.3, 0.4) is 0 Å². The van der Waals surface area contributed by atoms with Gasteiger partial charge in [0.1, 0.15) is 13.2 Å². The first-order valence-corrected chi connectivity index (χ1v) is 31.4. The summed E-state index contributed by atoms with van der Waals surface area (Å²) in [6.45, 7) is 6.53. The number of ether oxygens (including phenoxy) is 3. The van der Waals surface area contributed by atoms with Crippen molar-refractivity contribution in [2.24, 2.45) is 0 Å². The summed E-state index contributed by atoms with van der Waals surface area (Å²) in [5.74, 6) is -0.893. The van der Waals surface area contributed by atoms with Crippen molar-refractivity contribution in [2.45, 2.75) is 322 Å². The molecule has 0 amide bonds. The molecule has 0 aliphatic rings. The van der Waals surface area contributed by atoms with Crippen molar-refractivity contribution in [1.29, 1.82) is 0 Å². The molecule has 0 aromatic rings. The van der Waals surface area contributed by atoms with Crippen molar-refractivity contribution in [3.63, 3.8) is 0 Å². The average molecular weight is 1020 g/mol. The van der Waals surface area contributed by atoms with E-state index in [2.05, 4.69) is 93.7 Å². The maximum absolute atomic E-state index is 12.9. The largest absolute Gasteiger partial charge is 0.462 e. The third-order valence-electron chi connectivity index (χ3n) is 13.7. The summed E-state index contributed by atoms with van der Waals surface area (Å²) in [5.41, 5.74) is 0. The number of hydrogen-bond acceptors (Lipinski definition) is 6. The molecule has 6 heteroatoms. The van der Waals surface area contributed by atoms with Gasteiger partial charge < -0.3 is 14.2 Å². The summed E-state index contributed by atoms with van der Waals surface area (Å²) < 4.78 is 16.9. The first-order valence-electron chi connectivity index (χ1n) is 31.4. The summed E-state index contributed by atoms with van der Waals surface area (Å²) in [6.07, 6.45) is 79.0. The Bertz CT molecular complexity index is 1360. The highest BCUT2D eigenvalue weighted by Crippen LogP contribution is 2.16. The number of allylic oxidation sites excluding steroid dienone is 12. The lowest BCUT2D eigenvalue weighted by atomic mass is 10.1. The Hall–Kier alpha value is -3.15. The van der Waals surface area contributed by atoms with Gasteiger partial charge >= 0.3 is 17.9 Å². The summed E-state index contributed by atoms with van der Waals surface area (Å²) in [6, 6.07) is 0. The van der Waals surface area contributed by atoms with E-state index >= 15 is 0 Å². The van der Waals surface area contributed by atoms with Gasteiger partial charge in [-0.2, -0.15) is 0 Å². The fraction of sp³-hybridized carbons (Fsp3) is 0.776. The Morgan fingerprint density at radius 2 is 0.534 bits per heavy atom. The molecule has 0 aliphatic carbocycles. The van der Waals surface area contributed by atoms with Crippen LogP contribution < -0.4 is 0 Å². The molecule has 0 bridgehead atoms. The second-order valence-electron chi connectivity index (χ2n) is 20.9. The Balaban J connectivity index is 4.37. The van der Waals surface area contributed by atoms with Gasteiger partial charge in [-0.15, -0.1) is 0 Å². The lowest BCUT2D eigenvalue weighted by molar-refractivity contribution is -0.167. The van der Waals surface area contributed by atoms with Crippen LogP contribution in [0.25, 0.3) is 0 Å². The molecule has 0 saturated heterocycles. The molecule has 0 fully saturated rings. The summed E-state index contributed by atoms with van der Waals surface area (Å²) in [7, 11) is 0. The number of carbonyl (C=O) groups is 3. The number of rotatable bonds is 57. The zero-order chi connectivity index (χ0) is 52.9. The molecule has 0 spiro atoms. The van der Waals surface area contributed by atoms with Crippen LogP contribution in [0.5, 0.6) is 0 Å². The van der Waals surface area contributed by atoms with Crippen molar-refractivity contribution < 1.29 is 28.6 Å². The Labute approximate surface area is 453 Å². The average Bonchev–Trinajstić information content (AvgIpc) is 3.39. The molecular weight excluding hydrogens is 901 g/mol. The maximum Gasteiger partial charge on any atom is 0.306 e. The fourth-order valence-corrected chi connectivity index (χ4v) is 8.95. The Morgan fingerprint density at radius 3 is 0.849 bits per heavy atom. The molecule has 0 heterocycles. The van der Waals surface area contributed by atoms with E-state index in [0.717, 1.165) is 103 Å².